The summed E-state index contributed by atoms with van der Waals surface area (Å²) in [6.45, 7) is 0.250. The largest absolute Gasteiger partial charge is 0.469 e. The van der Waals surface area contributed by atoms with Crippen LogP contribution in [-0.4, -0.2) is 27.0 Å². The van der Waals surface area contributed by atoms with Gasteiger partial charge >= 0.3 is 5.97 Å². The predicted octanol–water partition coefficient (Wildman–Crippen LogP) is 2.40. The van der Waals surface area contributed by atoms with E-state index in [1.54, 1.807) is 7.11 Å². The highest BCUT2D eigenvalue weighted by Gasteiger charge is 1.97. The summed E-state index contributed by atoms with van der Waals surface area (Å²) in [4.78, 5) is 10.8. The van der Waals surface area contributed by atoms with Crippen molar-refractivity contribution in [2.45, 2.75) is 32.1 Å². The molecular formula is C12H20O4. The first-order chi connectivity index (χ1) is 7.81. The summed E-state index contributed by atoms with van der Waals surface area (Å²) in [7, 11) is 2.98. The number of esters is 1. The van der Waals surface area contributed by atoms with Crippen molar-refractivity contribution in [3.8, 4) is 0 Å². The lowest BCUT2D eigenvalue weighted by Crippen LogP contribution is -1.98. The van der Waals surface area contributed by atoms with Crippen LogP contribution in [0.3, 0.4) is 0 Å². The van der Waals surface area contributed by atoms with E-state index in [2.05, 4.69) is 15.2 Å². The van der Waals surface area contributed by atoms with Gasteiger partial charge in [-0.3, -0.25) is 4.79 Å². The van der Waals surface area contributed by atoms with Gasteiger partial charge in [-0.05, 0) is 25.3 Å². The Morgan fingerprint density at radius 1 is 1.25 bits per heavy atom. The van der Waals surface area contributed by atoms with Gasteiger partial charge in [-0.2, -0.15) is 0 Å². The van der Waals surface area contributed by atoms with E-state index in [4.69, 9.17) is 4.74 Å². The van der Waals surface area contributed by atoms with Crippen molar-refractivity contribution >= 4 is 5.97 Å². The van der Waals surface area contributed by atoms with Crippen LogP contribution in [0.1, 0.15) is 32.1 Å². The lowest BCUT2D eigenvalue weighted by Gasteiger charge is -1.97. The molecule has 0 aromatic rings. The Hall–Kier alpha value is -1.25. The van der Waals surface area contributed by atoms with Crippen LogP contribution < -0.4 is 0 Å². The fourth-order valence-corrected chi connectivity index (χ4v) is 1.08. The molecule has 0 saturated carbocycles. The number of allylic oxidation sites excluding steroid dienone is 1. The monoisotopic (exact) mass is 228 g/mol. The van der Waals surface area contributed by atoms with Crippen molar-refractivity contribution in [3.63, 3.8) is 0 Å². The van der Waals surface area contributed by atoms with Gasteiger partial charge in [0, 0.05) is 13.5 Å². The van der Waals surface area contributed by atoms with Gasteiger partial charge in [-0.15, -0.1) is 0 Å². The molecular weight excluding hydrogens is 208 g/mol. The highest BCUT2D eigenvalue weighted by atomic mass is 16.7. The third-order valence-corrected chi connectivity index (χ3v) is 1.91. The minimum Gasteiger partial charge on any atom is -0.469 e. The number of hydrogen-bond donors (Lipinski definition) is 0. The summed E-state index contributed by atoms with van der Waals surface area (Å²) in [6.07, 6.45) is 7.78. The minimum absolute atomic E-state index is 0.136. The molecule has 0 heterocycles. The highest BCUT2D eigenvalue weighted by Crippen LogP contribution is 2.03. The van der Waals surface area contributed by atoms with Crippen LogP contribution in [0.4, 0.5) is 0 Å². The van der Waals surface area contributed by atoms with Crippen LogP contribution in [0, 0.1) is 0 Å². The molecule has 0 radical (unpaired) electrons. The fourth-order valence-electron chi connectivity index (χ4n) is 1.08. The van der Waals surface area contributed by atoms with E-state index in [1.807, 2.05) is 6.08 Å². The molecule has 0 aromatic heterocycles. The van der Waals surface area contributed by atoms with E-state index in [-0.39, 0.29) is 12.8 Å². The molecule has 0 aliphatic heterocycles. The maximum Gasteiger partial charge on any atom is 0.305 e. The number of unbranched alkanes of at least 4 members (excludes halogenated alkanes) is 3. The fraction of sp³-hybridized carbons (Fsp3) is 0.667. The van der Waals surface area contributed by atoms with Crippen LogP contribution in [0.2, 0.25) is 0 Å². The Balaban J connectivity index is 3.26. The zero-order valence-electron chi connectivity index (χ0n) is 10.0. The average Bonchev–Trinajstić information content (AvgIpc) is 2.31. The van der Waals surface area contributed by atoms with E-state index in [9.17, 15) is 4.79 Å². The van der Waals surface area contributed by atoms with E-state index in [0.717, 1.165) is 25.7 Å². The summed E-state index contributed by atoms with van der Waals surface area (Å²) in [5, 5.41) is 0. The zero-order chi connectivity index (χ0) is 12.1. The van der Waals surface area contributed by atoms with E-state index in [1.165, 1.54) is 13.4 Å². The Labute approximate surface area is 96.9 Å². The van der Waals surface area contributed by atoms with Crippen LogP contribution in [0.5, 0.6) is 0 Å². The summed E-state index contributed by atoms with van der Waals surface area (Å²) in [6, 6.07) is 0. The number of carbonyl (C=O) groups excluding carboxylic acids is 1. The predicted molar refractivity (Wildman–Crippen MR) is 60.7 cm³/mol. The average molecular weight is 228 g/mol. The highest BCUT2D eigenvalue weighted by molar-refractivity contribution is 5.68. The van der Waals surface area contributed by atoms with Crippen molar-refractivity contribution in [1.82, 2.24) is 0 Å². The molecule has 0 fully saturated rings. The van der Waals surface area contributed by atoms with E-state index >= 15 is 0 Å². The minimum atomic E-state index is -0.136. The standard InChI is InChI=1S/C12H20O4/c1-14-11-16-10-8-6-4-3-5-7-9-12(13)15-2/h6,10H,3-5,7,9,11H2,1-2H3. The van der Waals surface area contributed by atoms with Crippen LogP contribution in [0.25, 0.3) is 0 Å². The van der Waals surface area contributed by atoms with Gasteiger partial charge in [0.15, 0.2) is 6.79 Å². The summed E-state index contributed by atoms with van der Waals surface area (Å²) in [5.41, 5.74) is 2.89. The van der Waals surface area contributed by atoms with Gasteiger partial charge in [0.2, 0.25) is 0 Å². The van der Waals surface area contributed by atoms with E-state index < -0.39 is 0 Å². The second-order valence-corrected chi connectivity index (χ2v) is 3.24. The van der Waals surface area contributed by atoms with Gasteiger partial charge in [0.05, 0.1) is 7.11 Å². The third-order valence-electron chi connectivity index (χ3n) is 1.91. The molecule has 0 saturated heterocycles. The Morgan fingerprint density at radius 3 is 2.75 bits per heavy atom. The molecule has 0 N–H and O–H groups in total. The smallest absolute Gasteiger partial charge is 0.305 e. The van der Waals surface area contributed by atoms with Crippen LogP contribution in [-0.2, 0) is 19.0 Å². The van der Waals surface area contributed by atoms with Gasteiger partial charge in [-0.1, -0.05) is 12.2 Å². The Morgan fingerprint density at radius 2 is 2.06 bits per heavy atom. The topological polar surface area (TPSA) is 44.8 Å². The second kappa shape index (κ2) is 11.8. The molecule has 0 unspecified atom stereocenters. The SMILES string of the molecule is COCOC=C=CCCCCCC(=O)OC. The maximum absolute atomic E-state index is 10.8. The number of rotatable bonds is 9. The normalized spacial score (nSPS) is 9.12. The van der Waals surface area contributed by atoms with Crippen molar-refractivity contribution in [1.29, 1.82) is 0 Å². The van der Waals surface area contributed by atoms with Crippen molar-refractivity contribution in [3.05, 3.63) is 18.1 Å². The Bertz CT molecular complexity index is 229. The first-order valence-corrected chi connectivity index (χ1v) is 5.38. The molecule has 0 aliphatic carbocycles. The number of methoxy groups -OCH3 is 2. The lowest BCUT2D eigenvalue weighted by atomic mass is 10.1. The summed E-state index contributed by atoms with van der Waals surface area (Å²) < 4.78 is 14.1. The molecule has 0 rings (SSSR count). The lowest BCUT2D eigenvalue weighted by molar-refractivity contribution is -0.140. The van der Waals surface area contributed by atoms with Crippen LogP contribution in [0.15, 0.2) is 18.1 Å². The Kier molecular flexibility index (Phi) is 10.9. The number of ether oxygens (including phenoxy) is 3. The molecule has 0 atom stereocenters. The van der Waals surface area contributed by atoms with Gasteiger partial charge in [0.25, 0.3) is 0 Å². The molecule has 16 heavy (non-hydrogen) atoms. The molecule has 4 heteroatoms. The van der Waals surface area contributed by atoms with Gasteiger partial charge < -0.3 is 14.2 Å². The van der Waals surface area contributed by atoms with Crippen molar-refractivity contribution < 1.29 is 19.0 Å². The molecule has 0 spiro atoms. The quantitative estimate of drug-likeness (QED) is 0.200. The summed E-state index contributed by atoms with van der Waals surface area (Å²) >= 11 is 0. The number of carbonyl (C=O) groups is 1. The van der Waals surface area contributed by atoms with Gasteiger partial charge in [0.1, 0.15) is 6.26 Å². The first-order valence-electron chi connectivity index (χ1n) is 5.38. The molecule has 0 amide bonds. The molecule has 0 bridgehead atoms. The molecule has 4 nitrogen and oxygen atoms in total. The zero-order valence-corrected chi connectivity index (χ0v) is 10.0. The third kappa shape index (κ3) is 10.8. The second-order valence-electron chi connectivity index (χ2n) is 3.24. The summed E-state index contributed by atoms with van der Waals surface area (Å²) in [5.74, 6) is -0.136. The number of hydrogen-bond acceptors (Lipinski definition) is 4. The molecule has 92 valence electrons. The van der Waals surface area contributed by atoms with Gasteiger partial charge in [-0.25, -0.2) is 0 Å². The van der Waals surface area contributed by atoms with E-state index in [0.29, 0.717) is 6.42 Å². The first kappa shape index (κ1) is 14.8. The maximum atomic E-state index is 10.8. The molecule has 0 aromatic carbocycles. The van der Waals surface area contributed by atoms with Crippen LogP contribution >= 0.6 is 0 Å². The van der Waals surface area contributed by atoms with Crippen molar-refractivity contribution in [2.75, 3.05) is 21.0 Å². The van der Waals surface area contributed by atoms with Crippen molar-refractivity contribution in [2.24, 2.45) is 0 Å². The molecule has 0 aliphatic rings.